The molecule has 3 rings (SSSR count). The molecule has 0 spiro atoms. The summed E-state index contributed by atoms with van der Waals surface area (Å²) in [5, 5.41) is 4.23. The van der Waals surface area contributed by atoms with E-state index in [1.807, 2.05) is 6.92 Å². The molecule has 1 N–H and O–H groups in total. The highest BCUT2D eigenvalue weighted by Gasteiger charge is 2.19. The highest BCUT2D eigenvalue weighted by molar-refractivity contribution is 5.99. The van der Waals surface area contributed by atoms with Gasteiger partial charge in [0.15, 0.2) is 0 Å². The van der Waals surface area contributed by atoms with Crippen molar-refractivity contribution >= 4 is 23.2 Å². The second kappa shape index (κ2) is 10.2. The second-order valence-corrected chi connectivity index (χ2v) is 7.81. The lowest BCUT2D eigenvalue weighted by Crippen LogP contribution is -2.39. The fraction of sp³-hybridized carbons (Fsp3) is 0.591. The predicted octanol–water partition coefficient (Wildman–Crippen LogP) is 3.31. The summed E-state index contributed by atoms with van der Waals surface area (Å²) < 4.78 is 0. The number of carbonyl (C=O) groups excluding carboxylic acids is 2. The van der Waals surface area contributed by atoms with E-state index >= 15 is 0 Å². The van der Waals surface area contributed by atoms with Crippen LogP contribution in [0.15, 0.2) is 29.4 Å². The van der Waals surface area contributed by atoms with Crippen LogP contribution in [0.4, 0.5) is 5.69 Å². The molecule has 2 fully saturated rings. The third-order valence-electron chi connectivity index (χ3n) is 5.61. The Bertz CT molecular complexity index is 691. The lowest BCUT2D eigenvalue weighted by Gasteiger charge is -2.22. The van der Waals surface area contributed by atoms with Gasteiger partial charge in [0.1, 0.15) is 6.54 Å². The Morgan fingerprint density at radius 1 is 0.964 bits per heavy atom. The Labute approximate surface area is 168 Å². The van der Waals surface area contributed by atoms with Crippen LogP contribution in [0.5, 0.6) is 0 Å². The van der Waals surface area contributed by atoms with Crippen molar-refractivity contribution in [2.24, 2.45) is 5.10 Å². The first-order chi connectivity index (χ1) is 13.6. The third-order valence-corrected chi connectivity index (χ3v) is 5.61. The van der Waals surface area contributed by atoms with Crippen molar-refractivity contribution in [3.63, 3.8) is 0 Å². The normalized spacial score (nSPS) is 19.2. The summed E-state index contributed by atoms with van der Waals surface area (Å²) in [6.45, 7) is 4.88. The number of carbonyl (C=O) groups is 2. The van der Waals surface area contributed by atoms with Crippen LogP contribution in [0.1, 0.15) is 63.9 Å². The van der Waals surface area contributed by atoms with Gasteiger partial charge in [-0.2, -0.15) is 5.10 Å². The van der Waals surface area contributed by atoms with E-state index in [1.54, 1.807) is 4.90 Å². The van der Waals surface area contributed by atoms with Crippen LogP contribution >= 0.6 is 0 Å². The standard InChI is InChI=1S/C22H32N4O2/c1-18(23-24-21(27)17-26-16-8-4-5-9-22(26)28)19-10-12-20(13-11-19)25-14-6-2-3-7-15-25/h10-13H,2-9,14-17H2,1H3,(H,24,27)/b23-18-. The molecule has 6 heteroatoms. The largest absolute Gasteiger partial charge is 0.372 e. The highest BCUT2D eigenvalue weighted by Crippen LogP contribution is 2.20. The smallest absolute Gasteiger partial charge is 0.259 e. The Morgan fingerprint density at radius 2 is 1.61 bits per heavy atom. The molecule has 2 amide bonds. The maximum absolute atomic E-state index is 12.2. The SMILES string of the molecule is C/C(=N/NC(=O)CN1CCCCCC1=O)c1ccc(N2CCCCCC2)cc1. The van der Waals surface area contributed by atoms with E-state index in [0.717, 1.165) is 43.6 Å². The lowest BCUT2D eigenvalue weighted by atomic mass is 10.1. The van der Waals surface area contributed by atoms with Gasteiger partial charge in [0.05, 0.1) is 5.71 Å². The fourth-order valence-electron chi connectivity index (χ4n) is 3.87. The van der Waals surface area contributed by atoms with E-state index in [0.29, 0.717) is 13.0 Å². The molecule has 0 bridgehead atoms. The van der Waals surface area contributed by atoms with Crippen molar-refractivity contribution in [1.29, 1.82) is 0 Å². The summed E-state index contributed by atoms with van der Waals surface area (Å²) in [6.07, 6.45) is 8.63. The van der Waals surface area contributed by atoms with Crippen molar-refractivity contribution in [2.75, 3.05) is 31.1 Å². The minimum Gasteiger partial charge on any atom is -0.372 e. The number of nitrogens with zero attached hydrogens (tertiary/aromatic N) is 3. The van der Waals surface area contributed by atoms with E-state index < -0.39 is 0 Å². The van der Waals surface area contributed by atoms with Crippen LogP contribution in [0.25, 0.3) is 0 Å². The molecule has 0 aromatic heterocycles. The van der Waals surface area contributed by atoms with Gasteiger partial charge in [-0.15, -0.1) is 0 Å². The molecule has 0 atom stereocenters. The van der Waals surface area contributed by atoms with Crippen LogP contribution in [-0.4, -0.2) is 48.6 Å². The van der Waals surface area contributed by atoms with Crippen LogP contribution in [0.3, 0.4) is 0 Å². The Hall–Kier alpha value is -2.37. The zero-order valence-corrected chi connectivity index (χ0v) is 17.0. The number of amides is 2. The number of hydrazone groups is 1. The van der Waals surface area contributed by atoms with Crippen molar-refractivity contribution in [3.05, 3.63) is 29.8 Å². The molecule has 6 nitrogen and oxygen atoms in total. The minimum atomic E-state index is -0.240. The van der Waals surface area contributed by atoms with E-state index in [1.165, 1.54) is 31.4 Å². The van der Waals surface area contributed by atoms with Crippen LogP contribution in [0, 0.1) is 0 Å². The quantitative estimate of drug-likeness (QED) is 0.626. The number of likely N-dealkylation sites (tertiary alicyclic amines) is 1. The van der Waals surface area contributed by atoms with Gasteiger partial charge in [-0.3, -0.25) is 9.59 Å². The fourth-order valence-corrected chi connectivity index (χ4v) is 3.87. The molecule has 2 heterocycles. The summed E-state index contributed by atoms with van der Waals surface area (Å²) >= 11 is 0. The molecule has 2 saturated heterocycles. The van der Waals surface area contributed by atoms with Gasteiger partial charge in [-0.25, -0.2) is 5.43 Å². The Kier molecular flexibility index (Phi) is 7.46. The van der Waals surface area contributed by atoms with Crippen LogP contribution in [0.2, 0.25) is 0 Å². The van der Waals surface area contributed by atoms with Crippen LogP contribution in [-0.2, 0) is 9.59 Å². The number of hydrogen-bond acceptors (Lipinski definition) is 4. The third kappa shape index (κ3) is 5.81. The number of nitrogens with one attached hydrogen (secondary N) is 1. The predicted molar refractivity (Wildman–Crippen MR) is 113 cm³/mol. The maximum Gasteiger partial charge on any atom is 0.259 e. The molecule has 1 aromatic carbocycles. The van der Waals surface area contributed by atoms with Crippen molar-refractivity contribution in [2.45, 2.75) is 58.3 Å². The van der Waals surface area contributed by atoms with Gasteiger partial charge in [0.2, 0.25) is 5.91 Å². The van der Waals surface area contributed by atoms with Crippen molar-refractivity contribution < 1.29 is 9.59 Å². The van der Waals surface area contributed by atoms with Crippen molar-refractivity contribution in [1.82, 2.24) is 10.3 Å². The second-order valence-electron chi connectivity index (χ2n) is 7.81. The molecule has 152 valence electrons. The first kappa shape index (κ1) is 20.4. The molecule has 0 saturated carbocycles. The van der Waals surface area contributed by atoms with Gasteiger partial charge >= 0.3 is 0 Å². The molecule has 2 aliphatic heterocycles. The van der Waals surface area contributed by atoms with E-state index in [2.05, 4.69) is 39.7 Å². The number of benzene rings is 1. The number of hydrogen-bond donors (Lipinski definition) is 1. The van der Waals surface area contributed by atoms with Gasteiger partial charge in [-0.05, 0) is 50.3 Å². The monoisotopic (exact) mass is 384 g/mol. The van der Waals surface area contributed by atoms with E-state index in [-0.39, 0.29) is 18.4 Å². The van der Waals surface area contributed by atoms with E-state index in [4.69, 9.17) is 0 Å². The van der Waals surface area contributed by atoms with Gasteiger partial charge < -0.3 is 9.80 Å². The molecule has 1 aromatic rings. The lowest BCUT2D eigenvalue weighted by molar-refractivity contribution is -0.135. The number of rotatable bonds is 5. The zero-order valence-electron chi connectivity index (χ0n) is 17.0. The Morgan fingerprint density at radius 3 is 2.32 bits per heavy atom. The number of anilines is 1. The summed E-state index contributed by atoms with van der Waals surface area (Å²) in [5.41, 5.74) is 5.60. The molecular weight excluding hydrogens is 352 g/mol. The average molecular weight is 385 g/mol. The molecular formula is C22H32N4O2. The summed E-state index contributed by atoms with van der Waals surface area (Å²) in [5.74, 6) is -0.173. The molecule has 0 unspecified atom stereocenters. The summed E-state index contributed by atoms with van der Waals surface area (Å²) in [4.78, 5) is 28.3. The van der Waals surface area contributed by atoms with Gasteiger partial charge in [-0.1, -0.05) is 31.4 Å². The maximum atomic E-state index is 12.2. The average Bonchev–Trinajstić information content (AvgIpc) is 3.10. The van der Waals surface area contributed by atoms with Gasteiger partial charge in [0, 0.05) is 31.7 Å². The minimum absolute atomic E-state index is 0.0671. The topological polar surface area (TPSA) is 65.0 Å². The van der Waals surface area contributed by atoms with Crippen molar-refractivity contribution in [3.8, 4) is 0 Å². The molecule has 2 aliphatic rings. The summed E-state index contributed by atoms with van der Waals surface area (Å²) in [7, 11) is 0. The van der Waals surface area contributed by atoms with Gasteiger partial charge in [0.25, 0.3) is 5.91 Å². The van der Waals surface area contributed by atoms with Crippen LogP contribution < -0.4 is 10.3 Å². The first-order valence-electron chi connectivity index (χ1n) is 10.6. The molecule has 0 aliphatic carbocycles. The Balaban J connectivity index is 1.53. The highest BCUT2D eigenvalue weighted by atomic mass is 16.2. The molecule has 0 radical (unpaired) electrons. The first-order valence-corrected chi connectivity index (χ1v) is 10.6. The van der Waals surface area contributed by atoms with E-state index in [9.17, 15) is 9.59 Å². The molecule has 28 heavy (non-hydrogen) atoms. The summed E-state index contributed by atoms with van der Waals surface area (Å²) in [6, 6.07) is 8.39. The zero-order chi connectivity index (χ0) is 19.8.